The standard InChI is InChI=1S/C11H22N2O2/c1-3-15-11(14)9(2)13-6-4-10(8-12)5-7-13/h9-10H,3-8,12H2,1-2H3. The van der Waals surface area contributed by atoms with Gasteiger partial charge in [-0.25, -0.2) is 0 Å². The average molecular weight is 214 g/mol. The Bertz CT molecular complexity index is 201. The van der Waals surface area contributed by atoms with Crippen molar-refractivity contribution in [2.45, 2.75) is 32.7 Å². The van der Waals surface area contributed by atoms with Gasteiger partial charge in [0.15, 0.2) is 0 Å². The van der Waals surface area contributed by atoms with E-state index in [2.05, 4.69) is 4.90 Å². The molecule has 1 heterocycles. The van der Waals surface area contributed by atoms with Gasteiger partial charge in [-0.15, -0.1) is 0 Å². The van der Waals surface area contributed by atoms with Gasteiger partial charge in [-0.2, -0.15) is 0 Å². The minimum atomic E-state index is -0.108. The molecule has 0 aromatic carbocycles. The summed E-state index contributed by atoms with van der Waals surface area (Å²) in [6.45, 7) is 6.90. The van der Waals surface area contributed by atoms with Gasteiger partial charge in [-0.3, -0.25) is 9.69 Å². The lowest BCUT2D eigenvalue weighted by Gasteiger charge is -2.34. The average Bonchev–Trinajstić information content (AvgIpc) is 2.28. The highest BCUT2D eigenvalue weighted by molar-refractivity contribution is 5.75. The summed E-state index contributed by atoms with van der Waals surface area (Å²) in [5.74, 6) is 0.527. The Morgan fingerprint density at radius 3 is 2.60 bits per heavy atom. The maximum absolute atomic E-state index is 11.5. The summed E-state index contributed by atoms with van der Waals surface area (Å²) in [6, 6.07) is -0.108. The fourth-order valence-electron chi connectivity index (χ4n) is 1.99. The van der Waals surface area contributed by atoms with E-state index in [1.807, 2.05) is 13.8 Å². The highest BCUT2D eigenvalue weighted by atomic mass is 16.5. The normalized spacial score (nSPS) is 21.3. The fourth-order valence-corrected chi connectivity index (χ4v) is 1.99. The first-order chi connectivity index (χ1) is 7.19. The van der Waals surface area contributed by atoms with Crippen LogP contribution in [0.3, 0.4) is 0 Å². The molecular formula is C11H22N2O2. The Kier molecular flexibility index (Phi) is 5.05. The molecule has 0 radical (unpaired) electrons. The first kappa shape index (κ1) is 12.5. The quantitative estimate of drug-likeness (QED) is 0.697. The van der Waals surface area contributed by atoms with E-state index in [9.17, 15) is 4.79 Å². The lowest BCUT2D eigenvalue weighted by Crippen LogP contribution is -2.45. The van der Waals surface area contributed by atoms with E-state index in [1.54, 1.807) is 0 Å². The largest absolute Gasteiger partial charge is 0.465 e. The Hall–Kier alpha value is -0.610. The van der Waals surface area contributed by atoms with Crippen LogP contribution in [0.2, 0.25) is 0 Å². The minimum absolute atomic E-state index is 0.108. The number of esters is 1. The van der Waals surface area contributed by atoms with Crippen molar-refractivity contribution in [1.82, 2.24) is 4.90 Å². The van der Waals surface area contributed by atoms with Gasteiger partial charge in [0.2, 0.25) is 0 Å². The zero-order valence-electron chi connectivity index (χ0n) is 9.74. The molecule has 15 heavy (non-hydrogen) atoms. The smallest absolute Gasteiger partial charge is 0.323 e. The number of nitrogens with two attached hydrogens (primary N) is 1. The zero-order chi connectivity index (χ0) is 11.3. The maximum Gasteiger partial charge on any atom is 0.323 e. The summed E-state index contributed by atoms with van der Waals surface area (Å²) in [5.41, 5.74) is 5.62. The van der Waals surface area contributed by atoms with E-state index in [-0.39, 0.29) is 12.0 Å². The highest BCUT2D eigenvalue weighted by Gasteiger charge is 2.26. The number of ether oxygens (including phenoxy) is 1. The van der Waals surface area contributed by atoms with Crippen molar-refractivity contribution >= 4 is 5.97 Å². The minimum Gasteiger partial charge on any atom is -0.465 e. The summed E-state index contributed by atoms with van der Waals surface area (Å²) in [5, 5.41) is 0. The molecule has 88 valence electrons. The molecule has 0 spiro atoms. The van der Waals surface area contributed by atoms with Crippen LogP contribution in [0.15, 0.2) is 0 Å². The molecule has 1 rings (SSSR count). The van der Waals surface area contributed by atoms with Gasteiger partial charge in [0, 0.05) is 0 Å². The third-order valence-corrected chi connectivity index (χ3v) is 3.16. The highest BCUT2D eigenvalue weighted by Crippen LogP contribution is 2.18. The first-order valence-electron chi connectivity index (χ1n) is 5.79. The Morgan fingerprint density at radius 2 is 2.13 bits per heavy atom. The number of nitrogens with zero attached hydrogens (tertiary/aromatic N) is 1. The number of likely N-dealkylation sites (tertiary alicyclic amines) is 1. The predicted molar refractivity (Wildman–Crippen MR) is 59.4 cm³/mol. The number of hydrogen-bond acceptors (Lipinski definition) is 4. The van der Waals surface area contributed by atoms with Gasteiger partial charge in [-0.05, 0) is 52.2 Å². The molecule has 4 nitrogen and oxygen atoms in total. The van der Waals surface area contributed by atoms with Crippen LogP contribution in [-0.4, -0.2) is 43.2 Å². The lowest BCUT2D eigenvalue weighted by atomic mass is 9.96. The van der Waals surface area contributed by atoms with Gasteiger partial charge in [0.05, 0.1) is 6.61 Å². The van der Waals surface area contributed by atoms with E-state index >= 15 is 0 Å². The van der Waals surface area contributed by atoms with E-state index in [0.717, 1.165) is 32.5 Å². The molecular weight excluding hydrogens is 192 g/mol. The van der Waals surface area contributed by atoms with Gasteiger partial charge in [0.1, 0.15) is 6.04 Å². The number of carbonyl (C=O) groups excluding carboxylic acids is 1. The van der Waals surface area contributed by atoms with E-state index in [1.165, 1.54) is 0 Å². The predicted octanol–water partition coefficient (Wildman–Crippen LogP) is 0.609. The van der Waals surface area contributed by atoms with Crippen molar-refractivity contribution in [1.29, 1.82) is 0 Å². The molecule has 0 aromatic rings. The van der Waals surface area contributed by atoms with Crippen molar-refractivity contribution in [3.63, 3.8) is 0 Å². The van der Waals surface area contributed by atoms with Crippen LogP contribution in [0.1, 0.15) is 26.7 Å². The molecule has 1 aliphatic rings. The number of hydrogen-bond donors (Lipinski definition) is 1. The molecule has 0 saturated carbocycles. The van der Waals surface area contributed by atoms with Gasteiger partial charge >= 0.3 is 5.97 Å². The molecule has 4 heteroatoms. The second-order valence-corrected chi connectivity index (χ2v) is 4.14. The molecule has 1 fully saturated rings. The Labute approximate surface area is 91.8 Å². The molecule has 1 atom stereocenters. The van der Waals surface area contributed by atoms with Crippen molar-refractivity contribution in [2.24, 2.45) is 11.7 Å². The summed E-state index contributed by atoms with van der Waals surface area (Å²) >= 11 is 0. The van der Waals surface area contributed by atoms with E-state index in [0.29, 0.717) is 12.5 Å². The molecule has 0 aromatic heterocycles. The molecule has 0 amide bonds. The fraction of sp³-hybridized carbons (Fsp3) is 0.909. The third-order valence-electron chi connectivity index (χ3n) is 3.16. The molecule has 0 bridgehead atoms. The van der Waals surface area contributed by atoms with Crippen LogP contribution in [-0.2, 0) is 9.53 Å². The summed E-state index contributed by atoms with van der Waals surface area (Å²) in [6.07, 6.45) is 2.19. The van der Waals surface area contributed by atoms with Crippen LogP contribution in [0.4, 0.5) is 0 Å². The Balaban J connectivity index is 2.35. The molecule has 1 unspecified atom stereocenters. The Morgan fingerprint density at radius 1 is 1.53 bits per heavy atom. The zero-order valence-corrected chi connectivity index (χ0v) is 9.74. The second-order valence-electron chi connectivity index (χ2n) is 4.14. The summed E-state index contributed by atoms with van der Waals surface area (Å²) in [7, 11) is 0. The van der Waals surface area contributed by atoms with Gasteiger partial charge in [0.25, 0.3) is 0 Å². The van der Waals surface area contributed by atoms with Crippen LogP contribution in [0.5, 0.6) is 0 Å². The van der Waals surface area contributed by atoms with Crippen LogP contribution < -0.4 is 5.73 Å². The van der Waals surface area contributed by atoms with Crippen molar-refractivity contribution in [3.8, 4) is 0 Å². The van der Waals surface area contributed by atoms with Crippen molar-refractivity contribution in [3.05, 3.63) is 0 Å². The van der Waals surface area contributed by atoms with Crippen molar-refractivity contribution < 1.29 is 9.53 Å². The van der Waals surface area contributed by atoms with Crippen molar-refractivity contribution in [2.75, 3.05) is 26.2 Å². The number of rotatable bonds is 4. The molecule has 2 N–H and O–H groups in total. The molecule has 1 aliphatic heterocycles. The second kappa shape index (κ2) is 6.08. The maximum atomic E-state index is 11.5. The van der Waals surface area contributed by atoms with E-state index in [4.69, 9.17) is 10.5 Å². The molecule has 0 aliphatic carbocycles. The summed E-state index contributed by atoms with van der Waals surface area (Å²) in [4.78, 5) is 13.7. The summed E-state index contributed by atoms with van der Waals surface area (Å²) < 4.78 is 5.00. The third kappa shape index (κ3) is 3.47. The first-order valence-corrected chi connectivity index (χ1v) is 5.79. The van der Waals surface area contributed by atoms with Crippen LogP contribution in [0.25, 0.3) is 0 Å². The monoisotopic (exact) mass is 214 g/mol. The lowest BCUT2D eigenvalue weighted by molar-refractivity contribution is -0.149. The topological polar surface area (TPSA) is 55.6 Å². The van der Waals surface area contributed by atoms with Gasteiger partial charge < -0.3 is 10.5 Å². The van der Waals surface area contributed by atoms with Crippen LogP contribution in [0, 0.1) is 5.92 Å². The number of piperidine rings is 1. The van der Waals surface area contributed by atoms with E-state index < -0.39 is 0 Å². The number of carbonyl (C=O) groups is 1. The van der Waals surface area contributed by atoms with Crippen LogP contribution >= 0.6 is 0 Å². The SMILES string of the molecule is CCOC(=O)C(C)N1CCC(CN)CC1. The molecule has 1 saturated heterocycles. The van der Waals surface area contributed by atoms with Gasteiger partial charge in [-0.1, -0.05) is 0 Å².